The summed E-state index contributed by atoms with van der Waals surface area (Å²) in [5, 5.41) is 4.98. The Balaban J connectivity index is 1.93. The molecule has 0 unspecified atom stereocenters. The van der Waals surface area contributed by atoms with Crippen LogP contribution >= 0.6 is 0 Å². The average Bonchev–Trinajstić information content (AvgIpc) is 2.92. The van der Waals surface area contributed by atoms with Gasteiger partial charge in [-0.3, -0.25) is 9.59 Å². The molecule has 26 heavy (non-hydrogen) atoms. The summed E-state index contributed by atoms with van der Waals surface area (Å²) >= 11 is 0. The van der Waals surface area contributed by atoms with E-state index in [0.29, 0.717) is 17.1 Å². The highest BCUT2D eigenvalue weighted by molar-refractivity contribution is 6.05. The fourth-order valence-electron chi connectivity index (χ4n) is 2.74. The van der Waals surface area contributed by atoms with Crippen LogP contribution < -0.4 is 10.6 Å². The molecule has 1 aliphatic rings. The Morgan fingerprint density at radius 1 is 1.19 bits per heavy atom. The van der Waals surface area contributed by atoms with Crippen LogP contribution in [0.15, 0.2) is 23.9 Å². The second-order valence-electron chi connectivity index (χ2n) is 6.38. The maximum Gasteiger partial charge on any atom is 0.268 e. The molecule has 2 heterocycles. The molecule has 0 atom stereocenters. The minimum atomic E-state index is -0.653. The third-order valence-corrected chi connectivity index (χ3v) is 3.89. The number of nitrogens with zero attached hydrogens (tertiary/aromatic N) is 1. The molecule has 8 heteroatoms. The summed E-state index contributed by atoms with van der Waals surface area (Å²) < 4.78 is 26.7. The Morgan fingerprint density at radius 2 is 1.88 bits per heavy atom. The van der Waals surface area contributed by atoms with E-state index in [1.54, 1.807) is 0 Å². The van der Waals surface area contributed by atoms with Crippen molar-refractivity contribution in [3.63, 3.8) is 0 Å². The summed E-state index contributed by atoms with van der Waals surface area (Å²) in [5.41, 5.74) is 1.81. The molecule has 3 N–H and O–H groups in total. The number of hydrogen-bond donors (Lipinski definition) is 3. The number of benzene rings is 1. The first-order chi connectivity index (χ1) is 12.3. The number of aromatic nitrogens is 2. The number of piperazine rings is 1. The maximum atomic E-state index is 13.4. The van der Waals surface area contributed by atoms with Gasteiger partial charge in [-0.25, -0.2) is 13.8 Å². The van der Waals surface area contributed by atoms with Gasteiger partial charge in [-0.1, -0.05) is 13.8 Å². The van der Waals surface area contributed by atoms with Gasteiger partial charge in [0.05, 0.1) is 12.2 Å². The number of H-pyrrole nitrogens is 1. The van der Waals surface area contributed by atoms with Gasteiger partial charge >= 0.3 is 0 Å². The fourth-order valence-corrected chi connectivity index (χ4v) is 2.74. The Kier molecular flexibility index (Phi) is 4.83. The predicted molar refractivity (Wildman–Crippen MR) is 91.0 cm³/mol. The molecule has 0 radical (unpaired) electrons. The van der Waals surface area contributed by atoms with Gasteiger partial charge in [0.2, 0.25) is 5.91 Å². The zero-order valence-corrected chi connectivity index (χ0v) is 14.3. The number of carbonyl (C=O) groups excluding carboxylic acids is 2. The molecule has 1 fully saturated rings. The van der Waals surface area contributed by atoms with Gasteiger partial charge in [0.1, 0.15) is 23.2 Å². The molecule has 136 valence electrons. The molecule has 1 aromatic carbocycles. The lowest BCUT2D eigenvalue weighted by atomic mass is 10.1. The van der Waals surface area contributed by atoms with Crippen molar-refractivity contribution in [2.45, 2.75) is 26.2 Å². The van der Waals surface area contributed by atoms with E-state index in [1.807, 2.05) is 13.8 Å². The van der Waals surface area contributed by atoms with Crippen molar-refractivity contribution >= 4 is 17.9 Å². The van der Waals surface area contributed by atoms with Crippen LogP contribution in [0.1, 0.15) is 42.5 Å². The van der Waals surface area contributed by atoms with Crippen LogP contribution in [-0.4, -0.2) is 28.3 Å². The Hall–Kier alpha value is -3.03. The van der Waals surface area contributed by atoms with Crippen molar-refractivity contribution in [2.75, 3.05) is 6.54 Å². The van der Waals surface area contributed by atoms with Crippen molar-refractivity contribution in [3.05, 3.63) is 58.3 Å². The highest BCUT2D eigenvalue weighted by Crippen LogP contribution is 2.21. The molecular weight excluding hydrogens is 342 g/mol. The molecule has 0 spiro atoms. The summed E-state index contributed by atoms with van der Waals surface area (Å²) in [7, 11) is 0. The van der Waals surface area contributed by atoms with E-state index in [-0.39, 0.29) is 30.5 Å². The highest BCUT2D eigenvalue weighted by Gasteiger charge is 2.21. The van der Waals surface area contributed by atoms with Crippen LogP contribution in [0.4, 0.5) is 8.78 Å². The molecule has 0 saturated carbocycles. The molecule has 2 aromatic rings. The maximum absolute atomic E-state index is 13.4. The SMILES string of the molecule is CC(C)c1[nH]c(Cc2cc(F)cc(F)c2)nc1C=C1NC(=O)CNC1=O. The fraction of sp³-hybridized carbons (Fsp3) is 0.278. The second-order valence-corrected chi connectivity index (χ2v) is 6.38. The quantitative estimate of drug-likeness (QED) is 0.729. The van der Waals surface area contributed by atoms with Gasteiger partial charge in [0, 0.05) is 18.2 Å². The predicted octanol–water partition coefficient (Wildman–Crippen LogP) is 1.99. The third kappa shape index (κ3) is 3.96. The van der Waals surface area contributed by atoms with Gasteiger partial charge < -0.3 is 15.6 Å². The Morgan fingerprint density at radius 3 is 2.54 bits per heavy atom. The largest absolute Gasteiger partial charge is 0.345 e. The van der Waals surface area contributed by atoms with E-state index in [9.17, 15) is 18.4 Å². The standard InChI is InChI=1S/C18H18F2N4O2/c1-9(2)17-13(7-14-18(26)21-8-16(25)23-14)22-15(24-17)5-10-3-11(19)6-12(20)4-10/h3-4,6-7,9H,5,8H2,1-2H3,(H,21,26)(H,22,24)(H,23,25). The lowest BCUT2D eigenvalue weighted by Crippen LogP contribution is -2.46. The summed E-state index contributed by atoms with van der Waals surface area (Å²) in [4.78, 5) is 30.9. The summed E-state index contributed by atoms with van der Waals surface area (Å²) in [5.74, 6) is -1.44. The number of aromatic amines is 1. The van der Waals surface area contributed by atoms with Crippen molar-refractivity contribution in [2.24, 2.45) is 0 Å². The third-order valence-electron chi connectivity index (χ3n) is 3.89. The number of hydrogen-bond acceptors (Lipinski definition) is 3. The van der Waals surface area contributed by atoms with E-state index >= 15 is 0 Å². The van der Waals surface area contributed by atoms with Crippen molar-refractivity contribution < 1.29 is 18.4 Å². The molecule has 3 rings (SSSR count). The lowest BCUT2D eigenvalue weighted by molar-refractivity contribution is -0.127. The van der Waals surface area contributed by atoms with Gasteiger partial charge in [-0.2, -0.15) is 0 Å². The molecule has 0 bridgehead atoms. The van der Waals surface area contributed by atoms with Crippen molar-refractivity contribution in [1.29, 1.82) is 0 Å². The van der Waals surface area contributed by atoms with Crippen molar-refractivity contribution in [3.8, 4) is 0 Å². The number of rotatable bonds is 4. The zero-order valence-electron chi connectivity index (χ0n) is 14.3. The van der Waals surface area contributed by atoms with E-state index in [2.05, 4.69) is 20.6 Å². The number of amides is 2. The molecule has 1 aromatic heterocycles. The number of halogens is 2. The molecule has 1 aliphatic heterocycles. The zero-order chi connectivity index (χ0) is 18.8. The number of carbonyl (C=O) groups is 2. The summed E-state index contributed by atoms with van der Waals surface area (Å²) in [6.45, 7) is 3.82. The second kappa shape index (κ2) is 7.07. The van der Waals surface area contributed by atoms with Crippen LogP contribution in [0.5, 0.6) is 0 Å². The monoisotopic (exact) mass is 360 g/mol. The van der Waals surface area contributed by atoms with E-state index in [0.717, 1.165) is 11.8 Å². The molecule has 2 amide bonds. The first-order valence-corrected chi connectivity index (χ1v) is 8.15. The topological polar surface area (TPSA) is 86.9 Å². The average molecular weight is 360 g/mol. The van der Waals surface area contributed by atoms with Crippen LogP contribution in [0, 0.1) is 11.6 Å². The molecular formula is C18H18F2N4O2. The van der Waals surface area contributed by atoms with Crippen LogP contribution in [0.2, 0.25) is 0 Å². The van der Waals surface area contributed by atoms with Crippen LogP contribution in [0.3, 0.4) is 0 Å². The van der Waals surface area contributed by atoms with E-state index in [1.165, 1.54) is 18.2 Å². The molecule has 0 aliphatic carbocycles. The normalized spacial score (nSPS) is 16.1. The molecule has 6 nitrogen and oxygen atoms in total. The summed E-state index contributed by atoms with van der Waals surface area (Å²) in [6.07, 6.45) is 1.70. The minimum absolute atomic E-state index is 0.0645. The Bertz CT molecular complexity index is 882. The van der Waals surface area contributed by atoms with E-state index < -0.39 is 17.5 Å². The van der Waals surface area contributed by atoms with Crippen molar-refractivity contribution in [1.82, 2.24) is 20.6 Å². The van der Waals surface area contributed by atoms with E-state index in [4.69, 9.17) is 0 Å². The minimum Gasteiger partial charge on any atom is -0.345 e. The number of imidazole rings is 1. The van der Waals surface area contributed by atoms with Gasteiger partial charge in [0.15, 0.2) is 0 Å². The van der Waals surface area contributed by atoms with Gasteiger partial charge in [-0.15, -0.1) is 0 Å². The van der Waals surface area contributed by atoms with Gasteiger partial charge in [0.25, 0.3) is 5.91 Å². The van der Waals surface area contributed by atoms with Crippen LogP contribution in [-0.2, 0) is 16.0 Å². The Labute approximate surface area is 148 Å². The molecule has 1 saturated heterocycles. The van der Waals surface area contributed by atoms with Gasteiger partial charge in [-0.05, 0) is 29.7 Å². The highest BCUT2D eigenvalue weighted by atomic mass is 19.1. The first kappa shape index (κ1) is 17.8. The number of nitrogens with one attached hydrogen (secondary N) is 3. The van der Waals surface area contributed by atoms with Crippen LogP contribution in [0.25, 0.3) is 6.08 Å². The summed E-state index contributed by atoms with van der Waals surface area (Å²) in [6, 6.07) is 3.30. The smallest absolute Gasteiger partial charge is 0.268 e. The lowest BCUT2D eigenvalue weighted by Gasteiger charge is -2.15. The first-order valence-electron chi connectivity index (χ1n) is 8.15.